The fraction of sp³-hybridized carbons (Fsp3) is 0.611. The molecular formula is C18H27N3O. The number of aromatic nitrogens is 2. The summed E-state index contributed by atoms with van der Waals surface area (Å²) in [5.74, 6) is 0. The molecule has 1 fully saturated rings. The smallest absolute Gasteiger partial charge is 0.310 e. The molecular weight excluding hydrogens is 274 g/mol. The maximum Gasteiger partial charge on any atom is 0.328 e. The second kappa shape index (κ2) is 6.69. The second-order valence-electron chi connectivity index (χ2n) is 6.65. The summed E-state index contributed by atoms with van der Waals surface area (Å²) < 4.78 is 3.44. The summed E-state index contributed by atoms with van der Waals surface area (Å²) in [5.41, 5.74) is 3.32. The van der Waals surface area contributed by atoms with Crippen LogP contribution in [0.5, 0.6) is 0 Å². The highest BCUT2D eigenvalue weighted by molar-refractivity contribution is 5.76. The molecule has 0 amide bonds. The average molecular weight is 301 g/mol. The van der Waals surface area contributed by atoms with Crippen molar-refractivity contribution >= 4 is 11.0 Å². The largest absolute Gasteiger partial charge is 0.328 e. The average Bonchev–Trinajstić information content (AvgIpc) is 2.71. The molecule has 3 rings (SSSR count). The molecule has 4 nitrogen and oxygen atoms in total. The molecule has 1 saturated carbocycles. The number of nitrogens with zero attached hydrogens (tertiary/aromatic N) is 2. The summed E-state index contributed by atoms with van der Waals surface area (Å²) >= 11 is 0. The predicted octanol–water partition coefficient (Wildman–Crippen LogP) is 3.08. The van der Waals surface area contributed by atoms with Crippen molar-refractivity contribution in [3.63, 3.8) is 0 Å². The molecule has 1 heterocycles. The van der Waals surface area contributed by atoms with Crippen LogP contribution in [0.1, 0.15) is 50.5 Å². The Morgan fingerprint density at radius 3 is 2.36 bits per heavy atom. The molecule has 1 aromatic carbocycles. The van der Waals surface area contributed by atoms with Crippen LogP contribution in [0, 0.1) is 0 Å². The van der Waals surface area contributed by atoms with Gasteiger partial charge in [0.15, 0.2) is 0 Å². The SMILES string of the molecule is Cn1c(=O)n(C)c2cc(CNC3CCCCCCC3)ccc21. The minimum Gasteiger partial charge on any atom is -0.310 e. The molecule has 22 heavy (non-hydrogen) atoms. The molecule has 0 unspecified atom stereocenters. The van der Waals surface area contributed by atoms with Gasteiger partial charge in [0.05, 0.1) is 11.0 Å². The highest BCUT2D eigenvalue weighted by atomic mass is 16.1. The molecule has 4 heteroatoms. The Labute approximate surface area is 132 Å². The van der Waals surface area contributed by atoms with Gasteiger partial charge in [-0.05, 0) is 30.5 Å². The Morgan fingerprint density at radius 2 is 1.64 bits per heavy atom. The van der Waals surface area contributed by atoms with Crippen LogP contribution in [0.4, 0.5) is 0 Å². The first-order valence-electron chi connectivity index (χ1n) is 8.54. The van der Waals surface area contributed by atoms with Crippen LogP contribution in [-0.2, 0) is 20.6 Å². The molecule has 1 aromatic heterocycles. The number of hydrogen-bond acceptors (Lipinski definition) is 2. The number of nitrogens with one attached hydrogen (secondary N) is 1. The zero-order valence-corrected chi connectivity index (χ0v) is 13.8. The van der Waals surface area contributed by atoms with E-state index in [2.05, 4.69) is 23.5 Å². The Balaban J connectivity index is 1.71. The molecule has 1 aliphatic rings. The van der Waals surface area contributed by atoms with Crippen molar-refractivity contribution in [2.24, 2.45) is 14.1 Å². The summed E-state index contributed by atoms with van der Waals surface area (Å²) in [6.07, 6.45) is 9.48. The van der Waals surface area contributed by atoms with Crippen LogP contribution < -0.4 is 11.0 Å². The third-order valence-electron chi connectivity index (χ3n) is 5.04. The Bertz CT molecular complexity index is 690. The third kappa shape index (κ3) is 3.12. The first-order valence-corrected chi connectivity index (χ1v) is 8.54. The number of benzene rings is 1. The van der Waals surface area contributed by atoms with Crippen molar-refractivity contribution in [1.29, 1.82) is 0 Å². The number of aryl methyl sites for hydroxylation is 2. The number of fused-ring (bicyclic) bond motifs is 1. The Kier molecular flexibility index (Phi) is 4.67. The van der Waals surface area contributed by atoms with E-state index in [1.165, 1.54) is 50.5 Å². The van der Waals surface area contributed by atoms with Crippen LogP contribution in [0.2, 0.25) is 0 Å². The molecule has 0 aliphatic heterocycles. The van der Waals surface area contributed by atoms with Gasteiger partial charge in [-0.25, -0.2) is 4.79 Å². The predicted molar refractivity (Wildman–Crippen MR) is 91.1 cm³/mol. The summed E-state index contributed by atoms with van der Waals surface area (Å²) in [4.78, 5) is 12.0. The quantitative estimate of drug-likeness (QED) is 0.946. The Hall–Kier alpha value is -1.55. The van der Waals surface area contributed by atoms with Gasteiger partial charge in [0.1, 0.15) is 0 Å². The lowest BCUT2D eigenvalue weighted by Crippen LogP contribution is -2.29. The van der Waals surface area contributed by atoms with Crippen molar-refractivity contribution in [2.75, 3.05) is 0 Å². The van der Waals surface area contributed by atoms with E-state index < -0.39 is 0 Å². The zero-order valence-electron chi connectivity index (χ0n) is 13.8. The summed E-state index contributed by atoms with van der Waals surface area (Å²) in [7, 11) is 3.67. The van der Waals surface area contributed by atoms with E-state index in [1.807, 2.05) is 14.1 Å². The highest BCUT2D eigenvalue weighted by Crippen LogP contribution is 2.18. The fourth-order valence-electron chi connectivity index (χ4n) is 3.58. The molecule has 2 aromatic rings. The van der Waals surface area contributed by atoms with Crippen LogP contribution in [0.25, 0.3) is 11.0 Å². The van der Waals surface area contributed by atoms with Crippen molar-refractivity contribution in [3.8, 4) is 0 Å². The van der Waals surface area contributed by atoms with Gasteiger partial charge < -0.3 is 5.32 Å². The number of hydrogen-bond donors (Lipinski definition) is 1. The lowest BCUT2D eigenvalue weighted by atomic mass is 9.96. The third-order valence-corrected chi connectivity index (χ3v) is 5.04. The van der Waals surface area contributed by atoms with Crippen LogP contribution in [-0.4, -0.2) is 15.2 Å². The minimum atomic E-state index is 0.0418. The normalized spacial score (nSPS) is 17.5. The van der Waals surface area contributed by atoms with Crippen LogP contribution >= 0.6 is 0 Å². The van der Waals surface area contributed by atoms with Gasteiger partial charge >= 0.3 is 5.69 Å². The van der Waals surface area contributed by atoms with E-state index in [4.69, 9.17) is 0 Å². The van der Waals surface area contributed by atoms with Crippen molar-refractivity contribution in [1.82, 2.24) is 14.5 Å². The second-order valence-corrected chi connectivity index (χ2v) is 6.65. The van der Waals surface area contributed by atoms with Gasteiger partial charge in [0.25, 0.3) is 0 Å². The lowest BCUT2D eigenvalue weighted by molar-refractivity contribution is 0.389. The number of rotatable bonds is 3. The molecule has 0 bridgehead atoms. The molecule has 120 valence electrons. The van der Waals surface area contributed by atoms with Gasteiger partial charge in [-0.1, -0.05) is 38.2 Å². The maximum atomic E-state index is 12.0. The highest BCUT2D eigenvalue weighted by Gasteiger charge is 2.12. The van der Waals surface area contributed by atoms with Gasteiger partial charge in [-0.2, -0.15) is 0 Å². The van der Waals surface area contributed by atoms with Gasteiger partial charge in [-0.3, -0.25) is 9.13 Å². The standard InChI is InChI=1S/C18H27N3O/c1-20-16-11-10-14(12-17(16)21(2)18(20)22)13-19-15-8-6-4-3-5-7-9-15/h10-12,15,19H,3-9,13H2,1-2H3. The monoisotopic (exact) mass is 301 g/mol. The van der Waals surface area contributed by atoms with Crippen LogP contribution in [0.3, 0.4) is 0 Å². The minimum absolute atomic E-state index is 0.0418. The molecule has 1 N–H and O–H groups in total. The van der Waals surface area contributed by atoms with E-state index in [0.29, 0.717) is 6.04 Å². The lowest BCUT2D eigenvalue weighted by Gasteiger charge is -2.21. The van der Waals surface area contributed by atoms with E-state index in [9.17, 15) is 4.79 Å². The van der Waals surface area contributed by atoms with E-state index in [-0.39, 0.29) is 5.69 Å². The number of imidazole rings is 1. The maximum absolute atomic E-state index is 12.0. The van der Waals surface area contributed by atoms with Gasteiger partial charge in [-0.15, -0.1) is 0 Å². The van der Waals surface area contributed by atoms with E-state index in [1.54, 1.807) is 9.13 Å². The molecule has 0 spiro atoms. The first kappa shape index (κ1) is 15.3. The summed E-state index contributed by atoms with van der Waals surface area (Å²) in [6.45, 7) is 0.893. The van der Waals surface area contributed by atoms with Crippen molar-refractivity contribution < 1.29 is 0 Å². The first-order chi connectivity index (χ1) is 10.7. The van der Waals surface area contributed by atoms with Gasteiger partial charge in [0, 0.05) is 26.7 Å². The molecule has 1 aliphatic carbocycles. The van der Waals surface area contributed by atoms with E-state index in [0.717, 1.165) is 17.6 Å². The zero-order chi connectivity index (χ0) is 15.5. The molecule has 0 radical (unpaired) electrons. The fourth-order valence-corrected chi connectivity index (χ4v) is 3.58. The Morgan fingerprint density at radius 1 is 1.00 bits per heavy atom. The van der Waals surface area contributed by atoms with Crippen molar-refractivity contribution in [3.05, 3.63) is 34.2 Å². The summed E-state index contributed by atoms with van der Waals surface area (Å²) in [6, 6.07) is 6.99. The molecule has 0 saturated heterocycles. The topological polar surface area (TPSA) is 39.0 Å². The van der Waals surface area contributed by atoms with Crippen molar-refractivity contribution in [2.45, 2.75) is 57.5 Å². The van der Waals surface area contributed by atoms with Crippen LogP contribution in [0.15, 0.2) is 23.0 Å². The van der Waals surface area contributed by atoms with E-state index >= 15 is 0 Å². The van der Waals surface area contributed by atoms with Gasteiger partial charge in [0.2, 0.25) is 0 Å². The summed E-state index contributed by atoms with van der Waals surface area (Å²) in [5, 5.41) is 3.72. The molecule has 0 atom stereocenters.